The third-order valence-electron chi connectivity index (χ3n) is 5.24. The Bertz CT molecular complexity index is 639. The molecule has 0 N–H and O–H groups in total. The normalized spacial score (nSPS) is 21.6. The number of rotatable bonds is 2. The summed E-state index contributed by atoms with van der Waals surface area (Å²) in [5.74, 6) is 1.15. The number of hydrogen-bond donors (Lipinski definition) is 0. The van der Waals surface area contributed by atoms with Crippen molar-refractivity contribution in [1.82, 2.24) is 14.9 Å². The summed E-state index contributed by atoms with van der Waals surface area (Å²) in [6, 6.07) is 0.837. The van der Waals surface area contributed by atoms with Crippen LogP contribution in [0, 0.1) is 6.92 Å². The maximum atomic E-state index is 4.60. The highest BCUT2D eigenvalue weighted by atomic mass is 32.1. The Kier molecular flexibility index (Phi) is 4.01. The predicted octanol–water partition coefficient (Wildman–Crippen LogP) is 3.45. The lowest BCUT2D eigenvalue weighted by molar-refractivity contribution is 0.148. The van der Waals surface area contributed by atoms with E-state index < -0.39 is 0 Å². The first kappa shape index (κ1) is 14.4. The first-order chi connectivity index (χ1) is 10.8. The third-order valence-corrected chi connectivity index (χ3v) is 6.24. The molecule has 0 aromatic carbocycles. The van der Waals surface area contributed by atoms with Crippen LogP contribution in [0.2, 0.25) is 0 Å². The van der Waals surface area contributed by atoms with E-state index in [-0.39, 0.29) is 0 Å². The van der Waals surface area contributed by atoms with Crippen molar-refractivity contribution in [3.05, 3.63) is 17.3 Å². The second-order valence-electron chi connectivity index (χ2n) is 6.61. The van der Waals surface area contributed by atoms with Crippen LogP contribution in [0.3, 0.4) is 0 Å². The Balaban J connectivity index is 1.49. The van der Waals surface area contributed by atoms with Crippen LogP contribution in [0.4, 0.5) is 5.82 Å². The highest BCUT2D eigenvalue weighted by Crippen LogP contribution is 2.32. The summed E-state index contributed by atoms with van der Waals surface area (Å²) in [4.78, 5) is 15.3. The average molecular weight is 316 g/mol. The number of aromatic nitrogens is 2. The fourth-order valence-corrected chi connectivity index (χ4v) is 4.87. The number of thiophene rings is 1. The molecule has 4 nitrogen and oxygen atoms in total. The van der Waals surface area contributed by atoms with Crippen molar-refractivity contribution in [3.63, 3.8) is 0 Å². The van der Waals surface area contributed by atoms with Crippen molar-refractivity contribution < 1.29 is 0 Å². The lowest BCUT2D eigenvalue weighted by Gasteiger charge is -2.41. The number of anilines is 1. The lowest BCUT2D eigenvalue weighted by atomic mass is 9.94. The van der Waals surface area contributed by atoms with Crippen molar-refractivity contribution in [2.75, 3.05) is 31.1 Å². The maximum Gasteiger partial charge on any atom is 0.141 e. The minimum absolute atomic E-state index is 0.837. The molecule has 2 aromatic heterocycles. The van der Waals surface area contributed by atoms with E-state index in [4.69, 9.17) is 0 Å². The van der Waals surface area contributed by atoms with Crippen LogP contribution >= 0.6 is 11.3 Å². The molecule has 22 heavy (non-hydrogen) atoms. The summed E-state index contributed by atoms with van der Waals surface area (Å²) < 4.78 is 0. The van der Waals surface area contributed by atoms with Crippen LogP contribution in [-0.4, -0.2) is 47.1 Å². The Morgan fingerprint density at radius 3 is 2.59 bits per heavy atom. The first-order valence-corrected chi connectivity index (χ1v) is 9.38. The van der Waals surface area contributed by atoms with E-state index >= 15 is 0 Å². The fraction of sp³-hybridized carbons (Fsp3) is 0.647. The standard InChI is InChI=1S/C17H24N4S/c1-13-11-22-17-15(13)16(18-12-19-17)21-9-7-20(8-10-21)14-5-3-2-4-6-14/h11-12,14H,2-10H2,1H3. The highest BCUT2D eigenvalue weighted by Gasteiger charge is 2.26. The summed E-state index contributed by atoms with van der Waals surface area (Å²) in [6.45, 7) is 6.72. The molecule has 1 aliphatic carbocycles. The zero-order chi connectivity index (χ0) is 14.9. The third kappa shape index (κ3) is 2.61. The van der Waals surface area contributed by atoms with Crippen LogP contribution in [0.15, 0.2) is 11.7 Å². The quantitative estimate of drug-likeness (QED) is 0.849. The number of nitrogens with zero attached hydrogens (tertiary/aromatic N) is 4. The molecule has 2 aliphatic rings. The van der Waals surface area contributed by atoms with Gasteiger partial charge in [0.15, 0.2) is 0 Å². The smallest absolute Gasteiger partial charge is 0.141 e. The number of hydrogen-bond acceptors (Lipinski definition) is 5. The van der Waals surface area contributed by atoms with Gasteiger partial charge in [-0.2, -0.15) is 0 Å². The predicted molar refractivity (Wildman–Crippen MR) is 92.8 cm³/mol. The van der Waals surface area contributed by atoms with Gasteiger partial charge in [-0.25, -0.2) is 9.97 Å². The molecule has 118 valence electrons. The SMILES string of the molecule is Cc1csc2ncnc(N3CCN(C4CCCCC4)CC3)c12. The van der Waals surface area contributed by atoms with Gasteiger partial charge in [0, 0.05) is 32.2 Å². The van der Waals surface area contributed by atoms with Crippen LogP contribution in [0.5, 0.6) is 0 Å². The summed E-state index contributed by atoms with van der Waals surface area (Å²) >= 11 is 1.73. The van der Waals surface area contributed by atoms with Crippen molar-refractivity contribution in [2.45, 2.75) is 45.1 Å². The maximum absolute atomic E-state index is 4.60. The number of fused-ring (bicyclic) bond motifs is 1. The van der Waals surface area contributed by atoms with Gasteiger partial charge in [0.2, 0.25) is 0 Å². The Hall–Kier alpha value is -1.20. The number of piperazine rings is 1. The van der Waals surface area contributed by atoms with Gasteiger partial charge in [0.25, 0.3) is 0 Å². The Labute approximate surface area is 136 Å². The van der Waals surface area contributed by atoms with Gasteiger partial charge in [0.1, 0.15) is 17.0 Å². The molecule has 2 aromatic rings. The van der Waals surface area contributed by atoms with Gasteiger partial charge >= 0.3 is 0 Å². The van der Waals surface area contributed by atoms with Gasteiger partial charge in [0.05, 0.1) is 5.39 Å². The topological polar surface area (TPSA) is 32.3 Å². The van der Waals surface area contributed by atoms with E-state index in [0.29, 0.717) is 0 Å². The second kappa shape index (κ2) is 6.13. The molecule has 0 bridgehead atoms. The second-order valence-corrected chi connectivity index (χ2v) is 7.47. The summed E-state index contributed by atoms with van der Waals surface area (Å²) in [6.07, 6.45) is 8.81. The molecule has 0 spiro atoms. The Morgan fingerprint density at radius 2 is 1.82 bits per heavy atom. The van der Waals surface area contributed by atoms with Crippen LogP contribution in [0.25, 0.3) is 10.2 Å². The monoisotopic (exact) mass is 316 g/mol. The molecule has 0 atom stereocenters. The van der Waals surface area contributed by atoms with Crippen LogP contribution in [-0.2, 0) is 0 Å². The first-order valence-electron chi connectivity index (χ1n) is 8.51. The van der Waals surface area contributed by atoms with Gasteiger partial charge in [-0.1, -0.05) is 19.3 Å². The number of aryl methyl sites for hydroxylation is 1. The van der Waals surface area contributed by atoms with Crippen LogP contribution in [0.1, 0.15) is 37.7 Å². The molecular weight excluding hydrogens is 292 g/mol. The van der Waals surface area contributed by atoms with Crippen LogP contribution < -0.4 is 4.90 Å². The average Bonchev–Trinajstić information content (AvgIpc) is 2.97. The molecule has 0 unspecified atom stereocenters. The van der Waals surface area contributed by atoms with Crippen molar-refractivity contribution in [3.8, 4) is 0 Å². The molecule has 1 saturated heterocycles. The fourth-order valence-electron chi connectivity index (χ4n) is 3.98. The molecule has 2 fully saturated rings. The highest BCUT2D eigenvalue weighted by molar-refractivity contribution is 7.17. The van der Waals surface area contributed by atoms with Crippen molar-refractivity contribution in [2.24, 2.45) is 0 Å². The molecule has 1 aliphatic heterocycles. The molecule has 1 saturated carbocycles. The zero-order valence-electron chi connectivity index (χ0n) is 13.3. The van der Waals surface area contributed by atoms with E-state index in [9.17, 15) is 0 Å². The summed E-state index contributed by atoms with van der Waals surface area (Å²) in [7, 11) is 0. The lowest BCUT2D eigenvalue weighted by Crippen LogP contribution is -2.51. The van der Waals surface area contributed by atoms with Gasteiger partial charge in [-0.3, -0.25) is 4.90 Å². The Morgan fingerprint density at radius 1 is 1.05 bits per heavy atom. The zero-order valence-corrected chi connectivity index (χ0v) is 14.1. The summed E-state index contributed by atoms with van der Waals surface area (Å²) in [5.41, 5.74) is 1.31. The molecule has 4 rings (SSSR count). The van der Waals surface area contributed by atoms with Crippen molar-refractivity contribution in [1.29, 1.82) is 0 Å². The molecular formula is C17H24N4S. The molecule has 0 radical (unpaired) electrons. The minimum atomic E-state index is 0.837. The largest absolute Gasteiger partial charge is 0.353 e. The molecule has 5 heteroatoms. The van der Waals surface area contributed by atoms with E-state index in [1.807, 2.05) is 0 Å². The van der Waals surface area contributed by atoms with E-state index in [0.717, 1.165) is 29.8 Å². The van der Waals surface area contributed by atoms with E-state index in [1.54, 1.807) is 17.7 Å². The van der Waals surface area contributed by atoms with E-state index in [1.165, 1.54) is 56.1 Å². The molecule has 0 amide bonds. The van der Waals surface area contributed by atoms with Gasteiger partial charge in [-0.15, -0.1) is 11.3 Å². The van der Waals surface area contributed by atoms with Crippen molar-refractivity contribution >= 4 is 27.4 Å². The molecule has 3 heterocycles. The van der Waals surface area contributed by atoms with Gasteiger partial charge < -0.3 is 4.90 Å². The van der Waals surface area contributed by atoms with E-state index in [2.05, 4.69) is 32.1 Å². The minimum Gasteiger partial charge on any atom is -0.353 e. The van der Waals surface area contributed by atoms with Gasteiger partial charge in [-0.05, 0) is 30.7 Å². The summed E-state index contributed by atoms with van der Waals surface area (Å²) in [5, 5.41) is 3.46.